The molecule has 38 heavy (non-hydrogen) atoms. The Hall–Kier alpha value is -1.95. The van der Waals surface area contributed by atoms with Crippen LogP contribution in [0.25, 0.3) is 0 Å². The lowest BCUT2D eigenvalue weighted by atomic mass is 9.97. The summed E-state index contributed by atoms with van der Waals surface area (Å²) >= 11 is 0. The Bertz CT molecular complexity index is 895. The highest BCUT2D eigenvalue weighted by molar-refractivity contribution is 6.74. The van der Waals surface area contributed by atoms with Gasteiger partial charge in [-0.15, -0.1) is 6.58 Å². The van der Waals surface area contributed by atoms with E-state index in [-0.39, 0.29) is 23.2 Å². The van der Waals surface area contributed by atoms with Gasteiger partial charge in [0, 0.05) is 19.3 Å². The van der Waals surface area contributed by atoms with E-state index < -0.39 is 14.4 Å². The summed E-state index contributed by atoms with van der Waals surface area (Å²) in [5, 5.41) is 11.0. The average Bonchev–Trinajstić information content (AvgIpc) is 2.84. The fourth-order valence-corrected chi connectivity index (χ4v) is 5.44. The molecule has 5 heteroatoms. The summed E-state index contributed by atoms with van der Waals surface area (Å²) in [5.41, 5.74) is 3.79. The van der Waals surface area contributed by atoms with Crippen LogP contribution >= 0.6 is 0 Å². The smallest absolute Gasteiger partial charge is 0.305 e. The summed E-state index contributed by atoms with van der Waals surface area (Å²) in [5.74, 6) is -0.230. The number of aliphatic hydroxyl groups is 1. The molecule has 0 aliphatic carbocycles. The molecule has 1 rings (SSSR count). The third-order valence-electron chi connectivity index (χ3n) is 7.50. The molecule has 0 saturated heterocycles. The van der Waals surface area contributed by atoms with E-state index >= 15 is 0 Å². The summed E-state index contributed by atoms with van der Waals surface area (Å²) < 4.78 is 12.7. The molecule has 0 saturated carbocycles. The number of benzene rings is 1. The van der Waals surface area contributed by atoms with Gasteiger partial charge in [-0.3, -0.25) is 4.79 Å². The minimum absolute atomic E-state index is 0.0721. The molecule has 1 aromatic carbocycles. The zero-order chi connectivity index (χ0) is 28.8. The molecule has 0 aliphatic rings. The Labute approximate surface area is 234 Å². The van der Waals surface area contributed by atoms with E-state index in [1.54, 1.807) is 0 Å². The molecule has 0 aromatic heterocycles. The molecule has 0 spiro atoms. The largest absolute Gasteiger partial charge is 0.462 e. The number of ether oxygens (including phenoxy) is 1. The van der Waals surface area contributed by atoms with Crippen LogP contribution in [0.2, 0.25) is 18.1 Å². The minimum Gasteiger partial charge on any atom is -0.462 e. The maximum Gasteiger partial charge on any atom is 0.305 e. The number of aliphatic hydroxyl groups excluding tert-OH is 1. The van der Waals surface area contributed by atoms with Crippen LogP contribution in [0.1, 0.15) is 92.1 Å². The van der Waals surface area contributed by atoms with Crippen molar-refractivity contribution < 1.29 is 19.1 Å². The molecular weight excluding hydrogens is 488 g/mol. The number of rotatable bonds is 17. The van der Waals surface area contributed by atoms with Crippen LogP contribution in [0.4, 0.5) is 0 Å². The van der Waals surface area contributed by atoms with Gasteiger partial charge in [0.15, 0.2) is 8.32 Å². The van der Waals surface area contributed by atoms with Gasteiger partial charge in [0.2, 0.25) is 0 Å². The van der Waals surface area contributed by atoms with Gasteiger partial charge in [-0.1, -0.05) is 87.4 Å². The van der Waals surface area contributed by atoms with Crippen molar-refractivity contribution in [3.05, 3.63) is 71.8 Å². The van der Waals surface area contributed by atoms with E-state index in [4.69, 9.17) is 9.16 Å². The summed E-state index contributed by atoms with van der Waals surface area (Å²) in [6.45, 7) is 21.1. The average molecular weight is 543 g/mol. The maximum atomic E-state index is 12.3. The number of hydrogen-bond acceptors (Lipinski definition) is 4. The zero-order valence-electron chi connectivity index (χ0n) is 25.4. The topological polar surface area (TPSA) is 55.8 Å². The molecule has 1 N–H and O–H groups in total. The third kappa shape index (κ3) is 13.7. The van der Waals surface area contributed by atoms with Crippen molar-refractivity contribution in [1.29, 1.82) is 0 Å². The van der Waals surface area contributed by atoms with Gasteiger partial charge in [-0.25, -0.2) is 0 Å². The van der Waals surface area contributed by atoms with Crippen LogP contribution in [0, 0.1) is 0 Å². The first kappa shape index (κ1) is 34.1. The fraction of sp³-hybridized carbons (Fsp3) is 0.606. The second kappa shape index (κ2) is 16.9. The Morgan fingerprint density at radius 3 is 2.29 bits per heavy atom. The predicted molar refractivity (Wildman–Crippen MR) is 164 cm³/mol. The van der Waals surface area contributed by atoms with Crippen molar-refractivity contribution in [2.24, 2.45) is 0 Å². The van der Waals surface area contributed by atoms with Crippen molar-refractivity contribution >= 4 is 14.3 Å². The van der Waals surface area contributed by atoms with Crippen LogP contribution in [0.5, 0.6) is 0 Å². The summed E-state index contributed by atoms with van der Waals surface area (Å²) in [6.07, 6.45) is 10.6. The SMILES string of the molecule is C=CC/C=C(\C)C[C@H](C[C@H](C[C@H](O)CC/C(C)=C/Cc1ccccc1)OC(=O)CC)O[Si](C)(C)C(C)(C)C. The number of hydrogen-bond donors (Lipinski definition) is 1. The highest BCUT2D eigenvalue weighted by Gasteiger charge is 2.40. The lowest BCUT2D eigenvalue weighted by molar-refractivity contribution is -0.151. The Morgan fingerprint density at radius 2 is 1.71 bits per heavy atom. The first-order valence-electron chi connectivity index (χ1n) is 14.3. The number of esters is 1. The quantitative estimate of drug-likeness (QED) is 0.121. The normalized spacial score (nSPS) is 15.6. The lowest BCUT2D eigenvalue weighted by Crippen LogP contribution is -2.45. The Balaban J connectivity index is 2.93. The van der Waals surface area contributed by atoms with E-state index in [1.165, 1.54) is 16.7 Å². The van der Waals surface area contributed by atoms with Crippen molar-refractivity contribution in [1.82, 2.24) is 0 Å². The van der Waals surface area contributed by atoms with Crippen LogP contribution < -0.4 is 0 Å². The zero-order valence-corrected chi connectivity index (χ0v) is 26.4. The monoisotopic (exact) mass is 542 g/mol. The van der Waals surface area contributed by atoms with Crippen LogP contribution in [0.15, 0.2) is 66.3 Å². The molecule has 4 nitrogen and oxygen atoms in total. The standard InChI is InChI=1S/C33H54O4Si/c1-10-12-16-27(4)23-31(37-38(8,9)33(5,6)7)25-30(36-32(35)11-2)24-29(34)22-20-26(3)19-21-28-17-14-13-15-18-28/h10,13-19,29-31,34H,1,11-12,20-25H2,2-9H3/b26-19+,27-16+/t29-,30+,31-/m1/s1. The van der Waals surface area contributed by atoms with Gasteiger partial charge in [-0.2, -0.15) is 0 Å². The third-order valence-corrected chi connectivity index (χ3v) is 12.0. The maximum absolute atomic E-state index is 12.3. The molecule has 0 radical (unpaired) electrons. The second-order valence-electron chi connectivity index (χ2n) is 12.1. The summed E-state index contributed by atoms with van der Waals surface area (Å²) in [6, 6.07) is 10.4. The van der Waals surface area contributed by atoms with Crippen molar-refractivity contribution in [2.45, 2.75) is 129 Å². The Morgan fingerprint density at radius 1 is 1.05 bits per heavy atom. The van der Waals surface area contributed by atoms with E-state index in [1.807, 2.05) is 19.1 Å². The Kier molecular flexibility index (Phi) is 15.1. The first-order chi connectivity index (χ1) is 17.8. The van der Waals surface area contributed by atoms with Gasteiger partial charge in [-0.05, 0) is 69.6 Å². The molecular formula is C33H54O4Si. The van der Waals surface area contributed by atoms with Crippen LogP contribution in [0.3, 0.4) is 0 Å². The van der Waals surface area contributed by atoms with Gasteiger partial charge < -0.3 is 14.3 Å². The van der Waals surface area contributed by atoms with E-state index in [0.717, 1.165) is 25.7 Å². The summed E-state index contributed by atoms with van der Waals surface area (Å²) in [7, 11) is -2.05. The van der Waals surface area contributed by atoms with Gasteiger partial charge >= 0.3 is 5.97 Å². The van der Waals surface area contributed by atoms with Crippen molar-refractivity contribution in [3.8, 4) is 0 Å². The predicted octanol–water partition coefficient (Wildman–Crippen LogP) is 8.72. The molecule has 0 amide bonds. The lowest BCUT2D eigenvalue weighted by Gasteiger charge is -2.40. The highest BCUT2D eigenvalue weighted by atomic mass is 28.4. The highest BCUT2D eigenvalue weighted by Crippen LogP contribution is 2.38. The summed E-state index contributed by atoms with van der Waals surface area (Å²) in [4.78, 5) is 12.3. The van der Waals surface area contributed by atoms with Gasteiger partial charge in [0.1, 0.15) is 6.10 Å². The molecule has 0 fully saturated rings. The first-order valence-corrected chi connectivity index (χ1v) is 17.2. The molecule has 214 valence electrons. The molecule has 3 atom stereocenters. The second-order valence-corrected chi connectivity index (χ2v) is 16.9. The molecule has 0 heterocycles. The van der Waals surface area contributed by atoms with Crippen LogP contribution in [-0.2, 0) is 20.4 Å². The van der Waals surface area contributed by atoms with E-state index in [2.05, 4.69) is 90.7 Å². The number of carbonyl (C=O) groups excluding carboxylic acids is 1. The molecule has 1 aromatic rings. The van der Waals surface area contributed by atoms with E-state index in [9.17, 15) is 9.90 Å². The van der Waals surface area contributed by atoms with Crippen molar-refractivity contribution in [2.75, 3.05) is 0 Å². The van der Waals surface area contributed by atoms with Gasteiger partial charge in [0.25, 0.3) is 0 Å². The molecule has 0 bridgehead atoms. The van der Waals surface area contributed by atoms with E-state index in [0.29, 0.717) is 25.7 Å². The number of allylic oxidation sites excluding steroid dienone is 4. The minimum atomic E-state index is -2.05. The van der Waals surface area contributed by atoms with Crippen molar-refractivity contribution in [3.63, 3.8) is 0 Å². The molecule has 0 aliphatic heterocycles. The number of carbonyl (C=O) groups is 1. The van der Waals surface area contributed by atoms with Gasteiger partial charge in [0.05, 0.1) is 12.2 Å². The molecule has 0 unspecified atom stereocenters. The van der Waals surface area contributed by atoms with Crippen LogP contribution in [-0.4, -0.2) is 37.7 Å². The fourth-order valence-electron chi connectivity index (χ4n) is 4.07.